The van der Waals surface area contributed by atoms with Gasteiger partial charge in [-0.05, 0) is 18.4 Å². The summed E-state index contributed by atoms with van der Waals surface area (Å²) in [4.78, 5) is 15.6. The summed E-state index contributed by atoms with van der Waals surface area (Å²) < 4.78 is 1.81. The van der Waals surface area contributed by atoms with Gasteiger partial charge in [0.15, 0.2) is 5.65 Å². The quantitative estimate of drug-likeness (QED) is 0.428. The van der Waals surface area contributed by atoms with Crippen molar-refractivity contribution in [2.45, 2.75) is 19.3 Å². The first-order valence-electron chi connectivity index (χ1n) is 9.67. The monoisotopic (exact) mass is 386 g/mol. The van der Waals surface area contributed by atoms with Gasteiger partial charge in [-0.2, -0.15) is 9.61 Å². The molecule has 0 saturated heterocycles. The first-order chi connectivity index (χ1) is 14.2. The molecule has 0 atom stereocenters. The van der Waals surface area contributed by atoms with Gasteiger partial charge in [0, 0.05) is 30.2 Å². The molecule has 0 aliphatic heterocycles. The predicted octanol–water partition coefficient (Wildman–Crippen LogP) is 4.73. The first kappa shape index (κ1) is 18.7. The minimum absolute atomic E-state index is 0.183. The number of fused-ring (bicyclic) bond motifs is 1. The number of rotatable bonds is 8. The zero-order valence-electron chi connectivity index (χ0n) is 16.0. The normalized spacial score (nSPS) is 10.9. The Balaban J connectivity index is 1.71. The van der Waals surface area contributed by atoms with E-state index >= 15 is 0 Å². The van der Waals surface area contributed by atoms with E-state index in [9.17, 15) is 4.79 Å². The number of unbranched alkanes of at least 4 members (excludes halogenated alkanes) is 1. The van der Waals surface area contributed by atoms with Gasteiger partial charge >= 0.3 is 5.97 Å². The van der Waals surface area contributed by atoms with Crippen LogP contribution in [0.1, 0.15) is 19.3 Å². The summed E-state index contributed by atoms with van der Waals surface area (Å²) in [7, 11) is 0. The lowest BCUT2D eigenvalue weighted by atomic mass is 10.1. The van der Waals surface area contributed by atoms with Crippen molar-refractivity contribution in [3.8, 4) is 22.4 Å². The Bertz CT molecular complexity index is 1110. The third kappa shape index (κ3) is 4.27. The Kier molecular flexibility index (Phi) is 5.52. The molecule has 2 aromatic heterocycles. The third-order valence-electron chi connectivity index (χ3n) is 4.75. The van der Waals surface area contributed by atoms with Crippen LogP contribution in [0.4, 0.5) is 5.82 Å². The van der Waals surface area contributed by atoms with Crippen LogP contribution in [-0.4, -0.2) is 32.2 Å². The van der Waals surface area contributed by atoms with E-state index in [1.807, 2.05) is 77.4 Å². The van der Waals surface area contributed by atoms with Crippen LogP contribution in [-0.2, 0) is 4.79 Å². The average molecular weight is 386 g/mol. The van der Waals surface area contributed by atoms with Crippen LogP contribution in [0.5, 0.6) is 0 Å². The maximum absolute atomic E-state index is 10.7. The highest BCUT2D eigenvalue weighted by molar-refractivity contribution is 5.80. The van der Waals surface area contributed by atoms with Gasteiger partial charge in [-0.1, -0.05) is 60.7 Å². The van der Waals surface area contributed by atoms with Crippen LogP contribution in [0.25, 0.3) is 28.0 Å². The van der Waals surface area contributed by atoms with Crippen LogP contribution in [0.3, 0.4) is 0 Å². The lowest BCUT2D eigenvalue weighted by molar-refractivity contribution is -0.137. The maximum atomic E-state index is 10.7. The Labute approximate surface area is 168 Å². The molecule has 0 aliphatic rings. The number of hydrogen-bond donors (Lipinski definition) is 2. The number of hydrogen-bond acceptors (Lipinski definition) is 4. The van der Waals surface area contributed by atoms with Gasteiger partial charge in [0.1, 0.15) is 5.82 Å². The van der Waals surface area contributed by atoms with Crippen LogP contribution in [0.2, 0.25) is 0 Å². The summed E-state index contributed by atoms with van der Waals surface area (Å²) >= 11 is 0. The number of carbonyl (C=O) groups is 1. The van der Waals surface area contributed by atoms with Crippen molar-refractivity contribution < 1.29 is 9.90 Å². The molecule has 0 saturated carbocycles. The Morgan fingerprint density at radius 1 is 0.966 bits per heavy atom. The number of aliphatic carboxylic acids is 1. The van der Waals surface area contributed by atoms with Crippen molar-refractivity contribution in [3.05, 3.63) is 72.9 Å². The lowest BCUT2D eigenvalue weighted by Gasteiger charge is -2.11. The molecule has 0 bridgehead atoms. The fourth-order valence-electron chi connectivity index (χ4n) is 3.28. The van der Waals surface area contributed by atoms with Crippen LogP contribution >= 0.6 is 0 Å². The van der Waals surface area contributed by atoms with E-state index in [0.29, 0.717) is 13.0 Å². The van der Waals surface area contributed by atoms with Crippen LogP contribution in [0.15, 0.2) is 72.9 Å². The lowest BCUT2D eigenvalue weighted by Crippen LogP contribution is -2.08. The summed E-state index contributed by atoms with van der Waals surface area (Å²) in [5, 5.41) is 16.8. The number of benzene rings is 2. The molecule has 2 aromatic carbocycles. The predicted molar refractivity (Wildman–Crippen MR) is 114 cm³/mol. The van der Waals surface area contributed by atoms with E-state index in [1.54, 1.807) is 0 Å². The van der Waals surface area contributed by atoms with E-state index in [0.717, 1.165) is 40.3 Å². The molecule has 4 aromatic rings. The van der Waals surface area contributed by atoms with Crippen molar-refractivity contribution in [2.75, 3.05) is 11.9 Å². The van der Waals surface area contributed by atoms with E-state index in [-0.39, 0.29) is 6.42 Å². The molecule has 2 heterocycles. The molecule has 29 heavy (non-hydrogen) atoms. The fraction of sp³-hybridized carbons (Fsp3) is 0.174. The van der Waals surface area contributed by atoms with E-state index in [2.05, 4.69) is 10.4 Å². The second-order valence-electron chi connectivity index (χ2n) is 6.83. The first-order valence-corrected chi connectivity index (χ1v) is 9.67. The van der Waals surface area contributed by atoms with Crippen molar-refractivity contribution in [1.82, 2.24) is 14.6 Å². The number of carboxylic acids is 1. The molecule has 0 aliphatic carbocycles. The molecule has 0 amide bonds. The minimum Gasteiger partial charge on any atom is -0.481 e. The SMILES string of the molecule is O=C(O)CCCCNc1cc(-c2ccccc2)nc2c(-c3ccccc3)cnn12. The van der Waals surface area contributed by atoms with Gasteiger partial charge in [0.05, 0.1) is 11.9 Å². The van der Waals surface area contributed by atoms with E-state index < -0.39 is 5.97 Å². The minimum atomic E-state index is -0.762. The average Bonchev–Trinajstić information content (AvgIpc) is 3.18. The van der Waals surface area contributed by atoms with Gasteiger partial charge in [0.25, 0.3) is 0 Å². The van der Waals surface area contributed by atoms with Gasteiger partial charge < -0.3 is 10.4 Å². The number of nitrogens with one attached hydrogen (secondary N) is 1. The Hall–Kier alpha value is -3.67. The number of aromatic nitrogens is 3. The molecule has 0 unspecified atom stereocenters. The fourth-order valence-corrected chi connectivity index (χ4v) is 3.28. The third-order valence-corrected chi connectivity index (χ3v) is 4.75. The van der Waals surface area contributed by atoms with Crippen LogP contribution in [0, 0.1) is 0 Å². The maximum Gasteiger partial charge on any atom is 0.303 e. The Morgan fingerprint density at radius 2 is 1.66 bits per heavy atom. The highest BCUT2D eigenvalue weighted by Gasteiger charge is 2.14. The molecular weight excluding hydrogens is 364 g/mol. The van der Waals surface area contributed by atoms with Crippen molar-refractivity contribution in [3.63, 3.8) is 0 Å². The topological polar surface area (TPSA) is 79.5 Å². The molecule has 0 spiro atoms. The molecule has 0 radical (unpaired) electrons. The number of anilines is 1. The molecule has 2 N–H and O–H groups in total. The highest BCUT2D eigenvalue weighted by atomic mass is 16.4. The van der Waals surface area contributed by atoms with Crippen LogP contribution < -0.4 is 5.32 Å². The Morgan fingerprint density at radius 3 is 2.34 bits per heavy atom. The second-order valence-corrected chi connectivity index (χ2v) is 6.83. The van der Waals surface area contributed by atoms with E-state index in [1.165, 1.54) is 0 Å². The van der Waals surface area contributed by atoms with Gasteiger partial charge in [-0.3, -0.25) is 4.79 Å². The van der Waals surface area contributed by atoms with Gasteiger partial charge in [-0.15, -0.1) is 0 Å². The van der Waals surface area contributed by atoms with Gasteiger partial charge in [-0.25, -0.2) is 4.98 Å². The summed E-state index contributed by atoms with van der Waals surface area (Å²) in [5.74, 6) is 0.0774. The van der Waals surface area contributed by atoms with Crippen molar-refractivity contribution >= 4 is 17.4 Å². The highest BCUT2D eigenvalue weighted by Crippen LogP contribution is 2.28. The summed E-state index contributed by atoms with van der Waals surface area (Å²) in [6.45, 7) is 0.668. The standard InChI is InChI=1S/C23H22N4O2/c28-22(29)13-7-8-14-24-21-15-20(18-11-5-2-6-12-18)26-23-19(16-25-27(21)23)17-9-3-1-4-10-17/h1-6,9-12,15-16,24H,7-8,13-14H2,(H,28,29). The smallest absolute Gasteiger partial charge is 0.303 e. The molecule has 0 fully saturated rings. The summed E-state index contributed by atoms with van der Waals surface area (Å²) in [6, 6.07) is 22.1. The zero-order chi connectivity index (χ0) is 20.1. The number of carboxylic acid groups (broad SMARTS) is 1. The van der Waals surface area contributed by atoms with E-state index in [4.69, 9.17) is 10.1 Å². The molecule has 6 nitrogen and oxygen atoms in total. The second kappa shape index (κ2) is 8.56. The molecular formula is C23H22N4O2. The zero-order valence-corrected chi connectivity index (χ0v) is 16.0. The summed E-state index contributed by atoms with van der Waals surface area (Å²) in [5.41, 5.74) is 4.71. The van der Waals surface area contributed by atoms with Gasteiger partial charge in [0.2, 0.25) is 0 Å². The molecule has 146 valence electrons. The summed E-state index contributed by atoms with van der Waals surface area (Å²) in [6.07, 6.45) is 3.42. The molecule has 4 rings (SSSR count). The molecule has 6 heteroatoms. The van der Waals surface area contributed by atoms with Crippen molar-refractivity contribution in [1.29, 1.82) is 0 Å². The number of nitrogens with zero attached hydrogens (tertiary/aromatic N) is 3. The largest absolute Gasteiger partial charge is 0.481 e. The van der Waals surface area contributed by atoms with Crippen molar-refractivity contribution in [2.24, 2.45) is 0 Å².